The van der Waals surface area contributed by atoms with E-state index in [1.165, 1.54) is 5.56 Å². The molecule has 3 amide bonds. The van der Waals surface area contributed by atoms with Gasteiger partial charge in [0.25, 0.3) is 5.91 Å². The lowest BCUT2D eigenvalue weighted by Crippen LogP contribution is -2.42. The zero-order valence-electron chi connectivity index (χ0n) is 17.8. The number of nitrogens with one attached hydrogen (secondary N) is 3. The van der Waals surface area contributed by atoms with Gasteiger partial charge in [0.2, 0.25) is 0 Å². The van der Waals surface area contributed by atoms with Crippen molar-refractivity contribution in [3.8, 4) is 0 Å². The van der Waals surface area contributed by atoms with Gasteiger partial charge in [-0.15, -0.1) is 0 Å². The van der Waals surface area contributed by atoms with Crippen LogP contribution >= 0.6 is 0 Å². The van der Waals surface area contributed by atoms with Crippen LogP contribution in [0, 0.1) is 0 Å². The molecule has 1 atom stereocenters. The summed E-state index contributed by atoms with van der Waals surface area (Å²) in [5.74, 6) is -0.197. The number of carbonyl (C=O) groups is 2. The van der Waals surface area contributed by atoms with Crippen molar-refractivity contribution >= 4 is 23.3 Å². The minimum Gasteiger partial charge on any atom is -0.334 e. The predicted octanol–water partition coefficient (Wildman–Crippen LogP) is 4.58. The quantitative estimate of drug-likeness (QED) is 0.503. The summed E-state index contributed by atoms with van der Waals surface area (Å²) in [4.78, 5) is 26.8. The number of hydrogen-bond donors (Lipinski definition) is 3. The molecule has 3 aromatic rings. The minimum atomic E-state index is -0.276. The number of nitrogens with zero attached hydrogens (tertiary/aromatic N) is 1. The maximum atomic E-state index is 12.3. The Bertz CT molecular complexity index is 975. The van der Waals surface area contributed by atoms with Crippen LogP contribution in [-0.4, -0.2) is 36.5 Å². The van der Waals surface area contributed by atoms with E-state index in [-0.39, 0.29) is 18.0 Å². The monoisotopic (exact) mass is 416 g/mol. The summed E-state index contributed by atoms with van der Waals surface area (Å²) in [6.07, 6.45) is 0. The second kappa shape index (κ2) is 10.9. The molecule has 31 heavy (non-hydrogen) atoms. The van der Waals surface area contributed by atoms with E-state index >= 15 is 0 Å². The third kappa shape index (κ3) is 7.28. The third-order valence-corrected chi connectivity index (χ3v) is 4.69. The number of carbonyl (C=O) groups excluding carboxylic acids is 2. The highest BCUT2D eigenvalue weighted by Gasteiger charge is 2.11. The van der Waals surface area contributed by atoms with Crippen LogP contribution in [0.5, 0.6) is 0 Å². The molecule has 0 aliphatic heterocycles. The number of likely N-dealkylation sites (N-methyl/N-ethyl adjacent to an activating group) is 1. The standard InChI is InChI=1S/C25H28N4O2/c1-19(17-29(2)18-20-9-5-3-6-10-20)26-25(31)28-23-15-13-21(14-16-23)24(30)27-22-11-7-4-8-12-22/h3-16,19H,17-18H2,1-2H3,(H,27,30)(H2,26,28,31). The van der Waals surface area contributed by atoms with Gasteiger partial charge in [-0.05, 0) is 55.9 Å². The normalized spacial score (nSPS) is 11.6. The second-order valence-corrected chi connectivity index (χ2v) is 7.58. The highest BCUT2D eigenvalue weighted by molar-refractivity contribution is 6.04. The van der Waals surface area contributed by atoms with E-state index in [4.69, 9.17) is 0 Å². The number of rotatable bonds is 8. The van der Waals surface area contributed by atoms with Crippen molar-refractivity contribution in [2.45, 2.75) is 19.5 Å². The van der Waals surface area contributed by atoms with Crippen LogP contribution in [0.2, 0.25) is 0 Å². The van der Waals surface area contributed by atoms with E-state index in [0.717, 1.165) is 18.8 Å². The molecular formula is C25H28N4O2. The molecule has 3 rings (SSSR count). The predicted molar refractivity (Wildman–Crippen MR) is 125 cm³/mol. The summed E-state index contributed by atoms with van der Waals surface area (Å²) in [7, 11) is 2.03. The van der Waals surface area contributed by atoms with Gasteiger partial charge in [0.15, 0.2) is 0 Å². The van der Waals surface area contributed by atoms with Crippen molar-refractivity contribution < 1.29 is 9.59 Å². The molecule has 0 aliphatic carbocycles. The number of hydrogen-bond acceptors (Lipinski definition) is 3. The zero-order valence-corrected chi connectivity index (χ0v) is 17.8. The molecule has 3 aromatic carbocycles. The average molecular weight is 417 g/mol. The summed E-state index contributed by atoms with van der Waals surface area (Å²) < 4.78 is 0. The highest BCUT2D eigenvalue weighted by Crippen LogP contribution is 2.12. The van der Waals surface area contributed by atoms with E-state index in [1.807, 2.05) is 62.5 Å². The Kier molecular flexibility index (Phi) is 7.79. The van der Waals surface area contributed by atoms with E-state index in [1.54, 1.807) is 24.3 Å². The van der Waals surface area contributed by atoms with Gasteiger partial charge in [-0.1, -0.05) is 48.5 Å². The van der Waals surface area contributed by atoms with E-state index < -0.39 is 0 Å². The van der Waals surface area contributed by atoms with Crippen LogP contribution in [0.3, 0.4) is 0 Å². The summed E-state index contributed by atoms with van der Waals surface area (Å²) in [6.45, 7) is 3.51. The molecule has 0 saturated heterocycles. The number of para-hydroxylation sites is 1. The Hall–Kier alpha value is -3.64. The van der Waals surface area contributed by atoms with Gasteiger partial charge in [0.05, 0.1) is 0 Å². The molecule has 1 unspecified atom stereocenters. The molecule has 0 aliphatic rings. The zero-order chi connectivity index (χ0) is 22.1. The molecule has 0 spiro atoms. The van der Waals surface area contributed by atoms with Gasteiger partial charge in [-0.3, -0.25) is 4.79 Å². The smallest absolute Gasteiger partial charge is 0.319 e. The Morgan fingerprint density at radius 3 is 2.03 bits per heavy atom. The lowest BCUT2D eigenvalue weighted by Gasteiger charge is -2.22. The van der Waals surface area contributed by atoms with E-state index in [0.29, 0.717) is 11.3 Å². The molecule has 0 fully saturated rings. The number of benzene rings is 3. The summed E-state index contributed by atoms with van der Waals surface area (Å²) >= 11 is 0. The van der Waals surface area contributed by atoms with Gasteiger partial charge >= 0.3 is 6.03 Å². The Morgan fingerprint density at radius 1 is 0.806 bits per heavy atom. The van der Waals surface area contributed by atoms with Crippen molar-refractivity contribution in [3.63, 3.8) is 0 Å². The SMILES string of the molecule is CC(CN(C)Cc1ccccc1)NC(=O)Nc1ccc(C(=O)Nc2ccccc2)cc1. The van der Waals surface area contributed by atoms with Crippen molar-refractivity contribution in [3.05, 3.63) is 96.1 Å². The van der Waals surface area contributed by atoms with Crippen molar-refractivity contribution in [2.75, 3.05) is 24.2 Å². The third-order valence-electron chi connectivity index (χ3n) is 4.69. The molecule has 6 heteroatoms. The fraction of sp³-hybridized carbons (Fsp3) is 0.200. The van der Waals surface area contributed by atoms with Crippen LogP contribution in [0.25, 0.3) is 0 Å². The molecule has 0 saturated carbocycles. The lowest BCUT2D eigenvalue weighted by atomic mass is 10.2. The first kappa shape index (κ1) is 22.1. The molecule has 0 heterocycles. The van der Waals surface area contributed by atoms with Crippen LogP contribution in [0.1, 0.15) is 22.8 Å². The fourth-order valence-corrected chi connectivity index (χ4v) is 3.29. The van der Waals surface area contributed by atoms with Crippen LogP contribution in [0.4, 0.5) is 16.2 Å². The van der Waals surface area contributed by atoms with Crippen LogP contribution < -0.4 is 16.0 Å². The maximum Gasteiger partial charge on any atom is 0.319 e. The number of anilines is 2. The van der Waals surface area contributed by atoms with Crippen LogP contribution in [-0.2, 0) is 6.54 Å². The fourth-order valence-electron chi connectivity index (χ4n) is 3.29. The topological polar surface area (TPSA) is 73.5 Å². The first-order valence-electron chi connectivity index (χ1n) is 10.3. The highest BCUT2D eigenvalue weighted by atomic mass is 16.2. The van der Waals surface area contributed by atoms with Gasteiger partial charge in [0.1, 0.15) is 0 Å². The lowest BCUT2D eigenvalue weighted by molar-refractivity contribution is 0.102. The second-order valence-electron chi connectivity index (χ2n) is 7.58. The van der Waals surface area contributed by atoms with Crippen LogP contribution in [0.15, 0.2) is 84.9 Å². The summed E-state index contributed by atoms with van der Waals surface area (Å²) in [5, 5.41) is 8.59. The van der Waals surface area contributed by atoms with E-state index in [9.17, 15) is 9.59 Å². The molecule has 0 radical (unpaired) electrons. The molecular weight excluding hydrogens is 388 g/mol. The molecule has 0 aromatic heterocycles. The summed E-state index contributed by atoms with van der Waals surface area (Å²) in [6, 6.07) is 26.0. The Morgan fingerprint density at radius 2 is 1.39 bits per heavy atom. The average Bonchev–Trinajstić information content (AvgIpc) is 2.75. The largest absolute Gasteiger partial charge is 0.334 e. The first-order valence-corrected chi connectivity index (χ1v) is 10.3. The van der Waals surface area contributed by atoms with Crippen molar-refractivity contribution in [2.24, 2.45) is 0 Å². The molecule has 3 N–H and O–H groups in total. The van der Waals surface area contributed by atoms with Crippen molar-refractivity contribution in [1.82, 2.24) is 10.2 Å². The van der Waals surface area contributed by atoms with Gasteiger partial charge in [0, 0.05) is 36.1 Å². The maximum absolute atomic E-state index is 12.3. The van der Waals surface area contributed by atoms with E-state index in [2.05, 4.69) is 33.0 Å². The molecule has 160 valence electrons. The summed E-state index contributed by atoms with van der Waals surface area (Å²) in [5.41, 5.74) is 3.11. The first-order chi connectivity index (χ1) is 15.0. The van der Waals surface area contributed by atoms with Crippen molar-refractivity contribution in [1.29, 1.82) is 0 Å². The minimum absolute atomic E-state index is 0.0235. The number of urea groups is 1. The van der Waals surface area contributed by atoms with Gasteiger partial charge < -0.3 is 20.9 Å². The Labute approximate surface area is 183 Å². The van der Waals surface area contributed by atoms with Gasteiger partial charge in [-0.25, -0.2) is 4.79 Å². The molecule has 0 bridgehead atoms. The molecule has 6 nitrogen and oxygen atoms in total. The Balaban J connectivity index is 1.45. The number of amides is 3. The van der Waals surface area contributed by atoms with Gasteiger partial charge in [-0.2, -0.15) is 0 Å².